The van der Waals surface area contributed by atoms with Crippen molar-refractivity contribution >= 4 is 0 Å². The molecule has 3 rings (SSSR count). The molecular formula is C16H24N2O2. The van der Waals surface area contributed by atoms with Gasteiger partial charge in [-0.3, -0.25) is 0 Å². The Labute approximate surface area is 120 Å². The van der Waals surface area contributed by atoms with Crippen molar-refractivity contribution in [2.45, 2.75) is 56.8 Å². The van der Waals surface area contributed by atoms with Crippen LogP contribution in [-0.4, -0.2) is 40.3 Å². The lowest BCUT2D eigenvalue weighted by atomic mass is 9.82. The smallest absolute Gasteiger partial charge is 0.157 e. The summed E-state index contributed by atoms with van der Waals surface area (Å²) < 4.78 is 0. The largest absolute Gasteiger partial charge is 0.504 e. The standard InChI is InChI=1S/C16H24N2O2/c1-18-13-3-2-4-14(18)9-12(8-13)17-10-11-5-6-15(19)16(20)7-11/h5-7,12-14,17,19-20H,2-4,8-10H2,1H3. The molecule has 2 heterocycles. The van der Waals surface area contributed by atoms with E-state index < -0.39 is 0 Å². The lowest BCUT2D eigenvalue weighted by Crippen LogP contribution is -2.54. The summed E-state index contributed by atoms with van der Waals surface area (Å²) in [5, 5.41) is 22.5. The molecule has 4 nitrogen and oxygen atoms in total. The molecule has 4 heteroatoms. The number of aromatic hydroxyl groups is 2. The van der Waals surface area contributed by atoms with Gasteiger partial charge in [0.2, 0.25) is 0 Å². The summed E-state index contributed by atoms with van der Waals surface area (Å²) >= 11 is 0. The highest BCUT2D eigenvalue weighted by Gasteiger charge is 2.35. The van der Waals surface area contributed by atoms with Crippen LogP contribution < -0.4 is 5.32 Å². The fourth-order valence-electron chi connectivity index (χ4n) is 3.72. The first-order valence-electron chi connectivity index (χ1n) is 7.59. The van der Waals surface area contributed by atoms with Gasteiger partial charge >= 0.3 is 0 Å². The molecule has 0 aliphatic carbocycles. The lowest BCUT2D eigenvalue weighted by Gasteiger charge is -2.47. The summed E-state index contributed by atoms with van der Waals surface area (Å²) in [6, 6.07) is 7.07. The number of hydrogen-bond acceptors (Lipinski definition) is 4. The van der Waals surface area contributed by atoms with Crippen molar-refractivity contribution in [1.82, 2.24) is 10.2 Å². The molecule has 0 aromatic heterocycles. The average Bonchev–Trinajstić information content (AvgIpc) is 2.41. The first-order valence-corrected chi connectivity index (χ1v) is 7.59. The van der Waals surface area contributed by atoms with Crippen LogP contribution in [-0.2, 0) is 6.54 Å². The molecule has 20 heavy (non-hydrogen) atoms. The highest BCUT2D eigenvalue weighted by Crippen LogP contribution is 2.33. The molecule has 2 fully saturated rings. The van der Waals surface area contributed by atoms with E-state index in [1.54, 1.807) is 12.1 Å². The van der Waals surface area contributed by atoms with Crippen LogP contribution >= 0.6 is 0 Å². The minimum atomic E-state index is -0.0532. The maximum absolute atomic E-state index is 9.52. The zero-order chi connectivity index (χ0) is 14.1. The molecule has 2 saturated heterocycles. The van der Waals surface area contributed by atoms with Crippen LogP contribution in [0.1, 0.15) is 37.7 Å². The molecule has 0 saturated carbocycles. The number of piperidine rings is 2. The number of rotatable bonds is 3. The molecule has 2 atom stereocenters. The summed E-state index contributed by atoms with van der Waals surface area (Å²) in [4.78, 5) is 2.56. The van der Waals surface area contributed by atoms with Gasteiger partial charge in [-0.05, 0) is 50.4 Å². The van der Waals surface area contributed by atoms with Gasteiger partial charge in [-0.25, -0.2) is 0 Å². The third kappa shape index (κ3) is 2.76. The molecule has 2 bridgehead atoms. The summed E-state index contributed by atoms with van der Waals surface area (Å²) in [5.41, 5.74) is 1.02. The van der Waals surface area contributed by atoms with Crippen molar-refractivity contribution in [3.63, 3.8) is 0 Å². The first kappa shape index (κ1) is 13.7. The van der Waals surface area contributed by atoms with Crippen LogP contribution in [0.15, 0.2) is 18.2 Å². The van der Waals surface area contributed by atoms with Crippen molar-refractivity contribution in [2.75, 3.05) is 7.05 Å². The number of phenols is 2. The Morgan fingerprint density at radius 2 is 1.85 bits per heavy atom. The van der Waals surface area contributed by atoms with Crippen LogP contribution in [0, 0.1) is 0 Å². The van der Waals surface area contributed by atoms with Gasteiger partial charge in [0.25, 0.3) is 0 Å². The number of benzene rings is 1. The van der Waals surface area contributed by atoms with Crippen molar-refractivity contribution in [1.29, 1.82) is 0 Å². The van der Waals surface area contributed by atoms with E-state index in [4.69, 9.17) is 0 Å². The monoisotopic (exact) mass is 276 g/mol. The Morgan fingerprint density at radius 3 is 2.50 bits per heavy atom. The normalized spacial score (nSPS) is 30.4. The lowest BCUT2D eigenvalue weighted by molar-refractivity contribution is 0.0482. The van der Waals surface area contributed by atoms with E-state index in [1.807, 2.05) is 6.07 Å². The van der Waals surface area contributed by atoms with Gasteiger partial charge < -0.3 is 20.4 Å². The zero-order valence-corrected chi connectivity index (χ0v) is 12.0. The van der Waals surface area contributed by atoms with E-state index in [9.17, 15) is 10.2 Å². The molecule has 0 radical (unpaired) electrons. The van der Waals surface area contributed by atoms with Crippen molar-refractivity contribution in [3.05, 3.63) is 23.8 Å². The van der Waals surface area contributed by atoms with E-state index in [0.717, 1.165) is 24.2 Å². The minimum absolute atomic E-state index is 0.0375. The predicted octanol–water partition coefficient (Wildman–Crippen LogP) is 2.20. The Balaban J connectivity index is 1.57. The van der Waals surface area contributed by atoms with Gasteiger partial charge in [-0.2, -0.15) is 0 Å². The molecule has 0 spiro atoms. The minimum Gasteiger partial charge on any atom is -0.504 e. The fourth-order valence-corrected chi connectivity index (χ4v) is 3.72. The summed E-state index contributed by atoms with van der Waals surface area (Å²) in [6.07, 6.45) is 6.46. The Bertz CT molecular complexity index is 464. The Hall–Kier alpha value is -1.26. The molecule has 110 valence electrons. The molecule has 2 unspecified atom stereocenters. The van der Waals surface area contributed by atoms with Gasteiger partial charge in [0.15, 0.2) is 11.5 Å². The summed E-state index contributed by atoms with van der Waals surface area (Å²) in [7, 11) is 2.27. The maximum Gasteiger partial charge on any atom is 0.157 e. The number of phenolic OH excluding ortho intramolecular Hbond substituents is 2. The molecule has 1 aromatic carbocycles. The number of nitrogens with one attached hydrogen (secondary N) is 1. The number of hydrogen-bond donors (Lipinski definition) is 3. The zero-order valence-electron chi connectivity index (χ0n) is 12.0. The second kappa shape index (κ2) is 5.62. The quantitative estimate of drug-likeness (QED) is 0.741. The van der Waals surface area contributed by atoms with E-state index in [2.05, 4.69) is 17.3 Å². The molecular weight excluding hydrogens is 252 g/mol. The topological polar surface area (TPSA) is 55.7 Å². The van der Waals surface area contributed by atoms with E-state index in [1.165, 1.54) is 32.1 Å². The molecule has 3 N–H and O–H groups in total. The van der Waals surface area contributed by atoms with Crippen LogP contribution in [0.2, 0.25) is 0 Å². The fraction of sp³-hybridized carbons (Fsp3) is 0.625. The predicted molar refractivity (Wildman–Crippen MR) is 78.8 cm³/mol. The highest BCUT2D eigenvalue weighted by molar-refractivity contribution is 5.40. The van der Waals surface area contributed by atoms with Crippen molar-refractivity contribution in [3.8, 4) is 11.5 Å². The van der Waals surface area contributed by atoms with Gasteiger partial charge in [0.1, 0.15) is 0 Å². The molecule has 2 aliphatic rings. The Morgan fingerprint density at radius 1 is 1.15 bits per heavy atom. The first-order chi connectivity index (χ1) is 9.63. The number of fused-ring (bicyclic) bond motifs is 2. The molecule has 0 amide bonds. The second-order valence-electron chi connectivity index (χ2n) is 6.28. The van der Waals surface area contributed by atoms with E-state index in [0.29, 0.717) is 6.04 Å². The maximum atomic E-state index is 9.52. The average molecular weight is 276 g/mol. The third-order valence-corrected chi connectivity index (χ3v) is 4.97. The highest BCUT2D eigenvalue weighted by atomic mass is 16.3. The molecule has 1 aromatic rings. The Kier molecular flexibility index (Phi) is 3.85. The van der Waals surface area contributed by atoms with E-state index in [-0.39, 0.29) is 11.5 Å². The van der Waals surface area contributed by atoms with Gasteiger partial charge in [-0.15, -0.1) is 0 Å². The number of nitrogens with zero attached hydrogens (tertiary/aromatic N) is 1. The van der Waals surface area contributed by atoms with Crippen LogP contribution in [0.4, 0.5) is 0 Å². The van der Waals surface area contributed by atoms with E-state index >= 15 is 0 Å². The second-order valence-corrected chi connectivity index (χ2v) is 6.28. The molecule has 2 aliphatic heterocycles. The van der Waals surface area contributed by atoms with Gasteiger partial charge in [-0.1, -0.05) is 12.5 Å². The van der Waals surface area contributed by atoms with Gasteiger partial charge in [0.05, 0.1) is 0 Å². The van der Waals surface area contributed by atoms with Crippen LogP contribution in [0.3, 0.4) is 0 Å². The van der Waals surface area contributed by atoms with Crippen LogP contribution in [0.25, 0.3) is 0 Å². The van der Waals surface area contributed by atoms with Crippen LogP contribution in [0.5, 0.6) is 11.5 Å². The van der Waals surface area contributed by atoms with Crippen molar-refractivity contribution in [2.24, 2.45) is 0 Å². The summed E-state index contributed by atoms with van der Waals surface area (Å²) in [5.74, 6) is -0.0906. The van der Waals surface area contributed by atoms with Gasteiger partial charge in [0, 0.05) is 24.7 Å². The summed E-state index contributed by atoms with van der Waals surface area (Å²) in [6.45, 7) is 0.752. The SMILES string of the molecule is CN1C2CCCC1CC(NCc1ccc(O)c(O)c1)C2. The van der Waals surface area contributed by atoms with Crippen molar-refractivity contribution < 1.29 is 10.2 Å². The third-order valence-electron chi connectivity index (χ3n) is 4.97.